The van der Waals surface area contributed by atoms with E-state index in [1.807, 2.05) is 63.2 Å². The number of halogens is 2. The summed E-state index contributed by atoms with van der Waals surface area (Å²) in [4.78, 5) is 32.6. The van der Waals surface area contributed by atoms with Crippen LogP contribution in [0.2, 0.25) is 5.02 Å². The average molecular weight is 610 g/mol. The van der Waals surface area contributed by atoms with Gasteiger partial charge in [0.15, 0.2) is 0 Å². The number of carbonyl (C=O) groups is 2. The number of nitrogens with one attached hydrogen (secondary N) is 1. The van der Waals surface area contributed by atoms with Crippen LogP contribution in [0.4, 0.5) is 4.39 Å². The Balaban J connectivity index is 1.82. The van der Waals surface area contributed by atoms with Crippen molar-refractivity contribution in [2.45, 2.75) is 78.0 Å². The summed E-state index contributed by atoms with van der Waals surface area (Å²) in [7, 11) is 1.63. The molecule has 2 N–H and O–H groups in total. The topological polar surface area (TPSA) is 91.8 Å². The number of likely N-dealkylation sites (tertiary alicyclic amines) is 1. The number of carboxylic acid groups (broad SMARTS) is 1. The first-order chi connectivity index (χ1) is 20.1. The molecule has 2 aromatic carbocycles. The van der Waals surface area contributed by atoms with Crippen LogP contribution in [0, 0.1) is 17.2 Å². The zero-order valence-corrected chi connectivity index (χ0v) is 26.6. The van der Waals surface area contributed by atoms with Gasteiger partial charge in [-0.2, -0.15) is 0 Å². The van der Waals surface area contributed by atoms with Gasteiger partial charge in [0, 0.05) is 30.3 Å². The van der Waals surface area contributed by atoms with Crippen molar-refractivity contribution in [2.75, 3.05) is 7.11 Å². The fourth-order valence-electron chi connectivity index (χ4n) is 6.18. The highest BCUT2D eigenvalue weighted by molar-refractivity contribution is 6.30. The number of carbonyl (C=O) groups excluding carboxylic acids is 1. The van der Waals surface area contributed by atoms with Crippen LogP contribution in [-0.4, -0.2) is 46.1 Å². The van der Waals surface area contributed by atoms with Crippen molar-refractivity contribution in [3.8, 4) is 5.75 Å². The molecule has 0 saturated carbocycles. The van der Waals surface area contributed by atoms with Crippen molar-refractivity contribution in [3.63, 3.8) is 0 Å². The third kappa shape index (κ3) is 7.02. The van der Waals surface area contributed by atoms with Crippen molar-refractivity contribution >= 4 is 23.5 Å². The molecular weight excluding hydrogens is 569 g/mol. The molecule has 0 bridgehead atoms. The minimum absolute atomic E-state index is 0.0854. The molecule has 1 fully saturated rings. The SMILES string of the molecule is COc1ccc(C(C)(C)C)cc1CN[C@H]1[C@H](C(C)(C)C)[C@@H](C(=O)O)N(C(=O)Cc2ncc(Cl)cc2F)[C@H]1c1ccccc1. The van der Waals surface area contributed by atoms with E-state index in [4.69, 9.17) is 16.3 Å². The molecule has 0 spiro atoms. The lowest BCUT2D eigenvalue weighted by atomic mass is 9.72. The second kappa shape index (κ2) is 12.6. The van der Waals surface area contributed by atoms with Crippen molar-refractivity contribution in [2.24, 2.45) is 11.3 Å². The number of aromatic nitrogens is 1. The lowest BCUT2D eigenvalue weighted by Crippen LogP contribution is -2.48. The fraction of sp³-hybridized carbons (Fsp3) is 0.441. The fourth-order valence-corrected chi connectivity index (χ4v) is 6.33. The first kappa shape index (κ1) is 32.4. The molecular formula is C34H41ClFN3O4. The summed E-state index contributed by atoms with van der Waals surface area (Å²) in [5, 5.41) is 14.4. The molecule has 1 saturated heterocycles. The Morgan fingerprint density at radius 3 is 2.30 bits per heavy atom. The third-order valence-corrected chi connectivity index (χ3v) is 8.43. The van der Waals surface area contributed by atoms with Crippen LogP contribution in [0.25, 0.3) is 0 Å². The number of ether oxygens (including phenoxy) is 1. The molecule has 0 aliphatic carbocycles. The van der Waals surface area contributed by atoms with Crippen LogP contribution in [0.3, 0.4) is 0 Å². The van der Waals surface area contributed by atoms with Crippen LogP contribution in [0.5, 0.6) is 5.75 Å². The van der Waals surface area contributed by atoms with E-state index in [1.54, 1.807) is 7.11 Å². The molecule has 43 heavy (non-hydrogen) atoms. The quantitative estimate of drug-likeness (QED) is 0.300. The zero-order chi connectivity index (χ0) is 31.7. The van der Waals surface area contributed by atoms with E-state index >= 15 is 0 Å². The van der Waals surface area contributed by atoms with Crippen LogP contribution >= 0.6 is 11.6 Å². The number of hydrogen-bond donors (Lipinski definition) is 2. The van der Waals surface area contributed by atoms with Crippen LogP contribution in [0.15, 0.2) is 60.8 Å². The van der Waals surface area contributed by atoms with E-state index in [1.165, 1.54) is 11.1 Å². The first-order valence-electron chi connectivity index (χ1n) is 14.4. The molecule has 7 nitrogen and oxygen atoms in total. The van der Waals surface area contributed by atoms with E-state index in [0.717, 1.165) is 22.8 Å². The lowest BCUT2D eigenvalue weighted by Gasteiger charge is -2.35. The predicted molar refractivity (Wildman–Crippen MR) is 166 cm³/mol. The number of aliphatic carboxylic acids is 1. The minimum Gasteiger partial charge on any atom is -0.496 e. The van der Waals surface area contributed by atoms with Crippen LogP contribution < -0.4 is 10.1 Å². The smallest absolute Gasteiger partial charge is 0.326 e. The Hall–Kier alpha value is -3.49. The minimum atomic E-state index is -1.17. The van der Waals surface area contributed by atoms with Gasteiger partial charge in [0.2, 0.25) is 5.91 Å². The monoisotopic (exact) mass is 609 g/mol. The largest absolute Gasteiger partial charge is 0.496 e. The third-order valence-electron chi connectivity index (χ3n) is 8.23. The summed E-state index contributed by atoms with van der Waals surface area (Å²) in [5.74, 6) is -2.14. The Kier molecular flexibility index (Phi) is 9.52. The maximum absolute atomic E-state index is 14.8. The van der Waals surface area contributed by atoms with Crippen molar-refractivity contribution in [3.05, 3.63) is 94.0 Å². The lowest BCUT2D eigenvalue weighted by molar-refractivity contribution is -0.152. The van der Waals surface area contributed by atoms with Crippen molar-refractivity contribution in [1.82, 2.24) is 15.2 Å². The second-order valence-electron chi connectivity index (χ2n) is 13.3. The molecule has 3 aromatic rings. The Morgan fingerprint density at radius 1 is 1.07 bits per heavy atom. The van der Waals surface area contributed by atoms with Gasteiger partial charge in [0.05, 0.1) is 30.3 Å². The second-order valence-corrected chi connectivity index (χ2v) is 13.7. The van der Waals surface area contributed by atoms with Gasteiger partial charge in [-0.1, -0.05) is 95.6 Å². The van der Waals surface area contributed by atoms with E-state index in [9.17, 15) is 19.1 Å². The maximum atomic E-state index is 14.8. The Labute approximate surface area is 258 Å². The van der Waals surface area contributed by atoms with E-state index < -0.39 is 53.6 Å². The number of nitrogens with zero attached hydrogens (tertiary/aromatic N) is 2. The highest BCUT2D eigenvalue weighted by Crippen LogP contribution is 2.48. The molecule has 4 rings (SSSR count). The molecule has 1 amide bonds. The molecule has 0 radical (unpaired) electrons. The number of hydrogen-bond acceptors (Lipinski definition) is 5. The number of amides is 1. The van der Waals surface area contributed by atoms with E-state index in [2.05, 4.69) is 37.1 Å². The molecule has 9 heteroatoms. The predicted octanol–water partition coefficient (Wildman–Crippen LogP) is 6.58. The van der Waals surface area contributed by atoms with Crippen LogP contribution in [0.1, 0.15) is 70.0 Å². The number of benzene rings is 2. The van der Waals surface area contributed by atoms with Gasteiger partial charge in [-0.15, -0.1) is 0 Å². The van der Waals surface area contributed by atoms with Gasteiger partial charge < -0.3 is 20.1 Å². The van der Waals surface area contributed by atoms with Gasteiger partial charge >= 0.3 is 5.97 Å². The standard InChI is InChI=1S/C34H41ClFN3O4/c1-33(2,3)22-13-14-26(43-7)21(15-22)18-38-29-28(34(4,5)6)31(32(41)42)39(30(29)20-11-9-8-10-12-20)27(40)17-25-24(36)16-23(35)19-37-25/h8-16,19,28-31,38H,17-18H2,1-7H3,(H,41,42)/t28-,29-,30-,31-/m0/s1. The maximum Gasteiger partial charge on any atom is 0.326 e. The molecule has 2 heterocycles. The molecule has 1 aliphatic heterocycles. The summed E-state index contributed by atoms with van der Waals surface area (Å²) in [6.45, 7) is 12.8. The van der Waals surface area contributed by atoms with Gasteiger partial charge in [-0.05, 0) is 34.1 Å². The summed E-state index contributed by atoms with van der Waals surface area (Å²) in [6.07, 6.45) is 0.878. The molecule has 1 aliphatic rings. The number of carboxylic acids is 1. The number of pyridine rings is 1. The summed E-state index contributed by atoms with van der Waals surface area (Å²) < 4.78 is 20.4. The first-order valence-corrected chi connectivity index (χ1v) is 14.8. The van der Waals surface area contributed by atoms with E-state index in [0.29, 0.717) is 12.3 Å². The molecule has 230 valence electrons. The Morgan fingerprint density at radius 2 is 1.74 bits per heavy atom. The normalized spacial score (nSPS) is 20.7. The van der Waals surface area contributed by atoms with Gasteiger partial charge in [0.1, 0.15) is 17.6 Å². The number of rotatable bonds is 8. The number of methoxy groups -OCH3 is 1. The molecule has 4 atom stereocenters. The van der Waals surface area contributed by atoms with Gasteiger partial charge in [-0.3, -0.25) is 9.78 Å². The van der Waals surface area contributed by atoms with E-state index in [-0.39, 0.29) is 16.1 Å². The summed E-state index contributed by atoms with van der Waals surface area (Å²) in [6, 6.07) is 14.3. The summed E-state index contributed by atoms with van der Waals surface area (Å²) >= 11 is 5.89. The van der Waals surface area contributed by atoms with Gasteiger partial charge in [0.25, 0.3) is 0 Å². The average Bonchev–Trinajstić information content (AvgIpc) is 3.29. The van der Waals surface area contributed by atoms with Crippen LogP contribution in [-0.2, 0) is 28.0 Å². The highest BCUT2D eigenvalue weighted by Gasteiger charge is 2.57. The molecule has 0 unspecified atom stereocenters. The molecule has 1 aromatic heterocycles. The highest BCUT2D eigenvalue weighted by atomic mass is 35.5. The van der Waals surface area contributed by atoms with Crippen molar-refractivity contribution < 1.29 is 23.8 Å². The zero-order valence-electron chi connectivity index (χ0n) is 25.8. The summed E-state index contributed by atoms with van der Waals surface area (Å²) in [5.41, 5.74) is 2.16. The Bertz CT molecular complexity index is 1470. The van der Waals surface area contributed by atoms with Gasteiger partial charge in [-0.25, -0.2) is 9.18 Å². The van der Waals surface area contributed by atoms with Crippen molar-refractivity contribution in [1.29, 1.82) is 0 Å².